The maximum atomic E-state index is 11.4. The molecule has 4 heteroatoms. The predicted octanol–water partition coefficient (Wildman–Crippen LogP) is 3.12. The topological polar surface area (TPSA) is 42.9 Å². The average Bonchev–Trinajstić information content (AvgIpc) is 2.74. The Morgan fingerprint density at radius 1 is 1.24 bits per heavy atom. The van der Waals surface area contributed by atoms with E-state index in [4.69, 9.17) is 11.6 Å². The van der Waals surface area contributed by atoms with Gasteiger partial charge in [-0.15, -0.1) is 0 Å². The minimum Gasteiger partial charge on any atom is -0.300 e. The fourth-order valence-electron chi connectivity index (χ4n) is 2.43. The van der Waals surface area contributed by atoms with E-state index >= 15 is 0 Å². The Morgan fingerprint density at radius 3 is 2.82 bits per heavy atom. The Labute approximate surface area is 104 Å². The lowest BCUT2D eigenvalue weighted by Crippen LogP contribution is -2.01. The number of para-hydroxylation sites is 1. The summed E-state index contributed by atoms with van der Waals surface area (Å²) in [5.74, 6) is 0.515. The van der Waals surface area contributed by atoms with E-state index < -0.39 is 0 Å². The lowest BCUT2D eigenvalue weighted by atomic mass is 9.99. The number of carbonyl (C=O) groups excluding carboxylic acids is 1. The summed E-state index contributed by atoms with van der Waals surface area (Å²) < 4.78 is 0. The first kappa shape index (κ1) is 10.7. The molecule has 1 aromatic heterocycles. The molecule has 0 saturated heterocycles. The van der Waals surface area contributed by atoms with Crippen molar-refractivity contribution in [1.29, 1.82) is 0 Å². The molecule has 3 rings (SSSR count). The summed E-state index contributed by atoms with van der Waals surface area (Å²) >= 11 is 5.93. The van der Waals surface area contributed by atoms with E-state index in [9.17, 15) is 4.79 Å². The molecular weight excluding hydrogens is 236 g/mol. The largest absolute Gasteiger partial charge is 0.300 e. The molecule has 1 fully saturated rings. The fourth-order valence-corrected chi connectivity index (χ4v) is 2.61. The van der Waals surface area contributed by atoms with Crippen LogP contribution in [0.25, 0.3) is 10.9 Å². The van der Waals surface area contributed by atoms with Gasteiger partial charge in [-0.2, -0.15) is 0 Å². The van der Waals surface area contributed by atoms with Crippen molar-refractivity contribution in [3.8, 4) is 0 Å². The van der Waals surface area contributed by atoms with Gasteiger partial charge in [-0.25, -0.2) is 9.97 Å². The van der Waals surface area contributed by atoms with Crippen LogP contribution in [-0.2, 0) is 4.79 Å². The van der Waals surface area contributed by atoms with Crippen molar-refractivity contribution in [2.75, 3.05) is 0 Å². The highest BCUT2D eigenvalue weighted by Gasteiger charge is 2.26. The number of halogens is 1. The Hall–Kier alpha value is -1.48. The van der Waals surface area contributed by atoms with Crippen LogP contribution in [0, 0.1) is 0 Å². The van der Waals surface area contributed by atoms with Gasteiger partial charge in [-0.05, 0) is 24.1 Å². The van der Waals surface area contributed by atoms with Crippen LogP contribution in [0.4, 0.5) is 0 Å². The van der Waals surface area contributed by atoms with Crippen LogP contribution < -0.4 is 0 Å². The Balaban J connectivity index is 2.17. The van der Waals surface area contributed by atoms with Gasteiger partial charge in [0.05, 0.1) is 11.2 Å². The highest BCUT2D eigenvalue weighted by atomic mass is 35.5. The van der Waals surface area contributed by atoms with Crippen LogP contribution in [0.5, 0.6) is 0 Å². The van der Waals surface area contributed by atoms with E-state index in [1.54, 1.807) is 0 Å². The van der Waals surface area contributed by atoms with Crippen LogP contribution in [0.1, 0.15) is 30.9 Å². The van der Waals surface area contributed by atoms with Gasteiger partial charge in [0.15, 0.2) is 0 Å². The number of aromatic nitrogens is 2. The van der Waals surface area contributed by atoms with Crippen LogP contribution in [0.15, 0.2) is 24.3 Å². The smallest absolute Gasteiger partial charge is 0.223 e. The first-order valence-electron chi connectivity index (χ1n) is 5.68. The van der Waals surface area contributed by atoms with Gasteiger partial charge < -0.3 is 0 Å². The standard InChI is InChI=1S/C13H11ClN2O/c14-13-15-11-4-2-1-3-10(11)12(16-13)8-5-6-9(17)7-8/h1-4,8H,5-7H2. The van der Waals surface area contributed by atoms with E-state index in [1.807, 2.05) is 24.3 Å². The highest BCUT2D eigenvalue weighted by Crippen LogP contribution is 2.34. The summed E-state index contributed by atoms with van der Waals surface area (Å²) in [5, 5.41) is 1.27. The zero-order valence-electron chi connectivity index (χ0n) is 9.19. The molecule has 1 atom stereocenters. The third kappa shape index (κ3) is 1.91. The van der Waals surface area contributed by atoms with Gasteiger partial charge in [0.25, 0.3) is 0 Å². The lowest BCUT2D eigenvalue weighted by molar-refractivity contribution is -0.117. The number of ketones is 1. The zero-order chi connectivity index (χ0) is 11.8. The first-order valence-corrected chi connectivity index (χ1v) is 6.06. The third-order valence-corrected chi connectivity index (χ3v) is 3.41. The molecule has 0 aliphatic heterocycles. The number of Topliss-reactive ketones (excluding diaryl/α,β-unsaturated/α-hetero) is 1. The number of carbonyl (C=O) groups is 1. The maximum Gasteiger partial charge on any atom is 0.223 e. The number of rotatable bonds is 1. The summed E-state index contributed by atoms with van der Waals surface area (Å²) in [6.07, 6.45) is 2.11. The fraction of sp³-hybridized carbons (Fsp3) is 0.308. The quantitative estimate of drug-likeness (QED) is 0.726. The van der Waals surface area contributed by atoms with E-state index in [0.717, 1.165) is 23.0 Å². The Bertz CT molecular complexity index is 597. The summed E-state index contributed by atoms with van der Waals surface area (Å²) in [5.41, 5.74) is 1.77. The van der Waals surface area contributed by atoms with Crippen LogP contribution in [0.3, 0.4) is 0 Å². The molecule has 1 heterocycles. The number of nitrogens with zero attached hydrogens (tertiary/aromatic N) is 2. The normalized spacial score (nSPS) is 20.1. The molecule has 1 aliphatic carbocycles. The first-order chi connectivity index (χ1) is 8.24. The highest BCUT2D eigenvalue weighted by molar-refractivity contribution is 6.28. The number of hydrogen-bond donors (Lipinski definition) is 0. The van der Waals surface area contributed by atoms with Crippen molar-refractivity contribution in [2.24, 2.45) is 0 Å². The molecular formula is C13H11ClN2O. The van der Waals surface area contributed by atoms with E-state index in [1.165, 1.54) is 0 Å². The van der Waals surface area contributed by atoms with Gasteiger partial charge in [-0.3, -0.25) is 4.79 Å². The SMILES string of the molecule is O=C1CCC(c2nc(Cl)nc3ccccc23)C1. The van der Waals surface area contributed by atoms with Gasteiger partial charge in [0.1, 0.15) is 5.78 Å². The summed E-state index contributed by atoms with van der Waals surface area (Å²) in [6.45, 7) is 0. The van der Waals surface area contributed by atoms with E-state index in [0.29, 0.717) is 18.6 Å². The van der Waals surface area contributed by atoms with Gasteiger partial charge >= 0.3 is 0 Å². The van der Waals surface area contributed by atoms with Crippen molar-refractivity contribution in [1.82, 2.24) is 9.97 Å². The molecule has 0 N–H and O–H groups in total. The lowest BCUT2D eigenvalue weighted by Gasteiger charge is -2.10. The molecule has 0 spiro atoms. The average molecular weight is 247 g/mol. The minimum absolute atomic E-state index is 0.202. The molecule has 1 aromatic carbocycles. The van der Waals surface area contributed by atoms with Crippen molar-refractivity contribution in [3.63, 3.8) is 0 Å². The minimum atomic E-state index is 0.202. The van der Waals surface area contributed by atoms with Crippen molar-refractivity contribution >= 4 is 28.3 Å². The summed E-state index contributed by atoms with van der Waals surface area (Å²) in [4.78, 5) is 19.9. The van der Waals surface area contributed by atoms with Crippen molar-refractivity contribution in [2.45, 2.75) is 25.2 Å². The second-order valence-corrected chi connectivity index (χ2v) is 4.71. The Morgan fingerprint density at radius 2 is 2.06 bits per heavy atom. The summed E-state index contributed by atoms with van der Waals surface area (Å²) in [6, 6.07) is 7.79. The van der Waals surface area contributed by atoms with E-state index in [-0.39, 0.29) is 11.2 Å². The second-order valence-electron chi connectivity index (χ2n) is 4.37. The van der Waals surface area contributed by atoms with Crippen molar-refractivity contribution in [3.05, 3.63) is 35.2 Å². The van der Waals surface area contributed by atoms with Gasteiger partial charge in [-0.1, -0.05) is 18.2 Å². The molecule has 1 aliphatic rings. The van der Waals surface area contributed by atoms with Crippen LogP contribution in [-0.4, -0.2) is 15.8 Å². The second kappa shape index (κ2) is 4.08. The zero-order valence-corrected chi connectivity index (χ0v) is 9.94. The van der Waals surface area contributed by atoms with Crippen LogP contribution in [0.2, 0.25) is 5.28 Å². The number of benzene rings is 1. The molecule has 1 saturated carbocycles. The molecule has 0 amide bonds. The molecule has 86 valence electrons. The van der Waals surface area contributed by atoms with E-state index in [2.05, 4.69) is 9.97 Å². The molecule has 0 bridgehead atoms. The molecule has 0 radical (unpaired) electrons. The molecule has 17 heavy (non-hydrogen) atoms. The number of fused-ring (bicyclic) bond motifs is 1. The Kier molecular flexibility index (Phi) is 2.56. The molecule has 2 aromatic rings. The molecule has 3 nitrogen and oxygen atoms in total. The molecule has 1 unspecified atom stereocenters. The predicted molar refractivity (Wildman–Crippen MR) is 66.1 cm³/mol. The third-order valence-electron chi connectivity index (χ3n) is 3.24. The van der Waals surface area contributed by atoms with Crippen molar-refractivity contribution < 1.29 is 4.79 Å². The van der Waals surface area contributed by atoms with Crippen LogP contribution >= 0.6 is 11.6 Å². The number of hydrogen-bond acceptors (Lipinski definition) is 3. The summed E-state index contributed by atoms with van der Waals surface area (Å²) in [7, 11) is 0. The maximum absolute atomic E-state index is 11.4. The van der Waals surface area contributed by atoms with Gasteiger partial charge in [0.2, 0.25) is 5.28 Å². The van der Waals surface area contributed by atoms with Gasteiger partial charge in [0, 0.05) is 24.1 Å². The monoisotopic (exact) mass is 246 g/mol.